The molecule has 0 amide bonds. The number of ketones is 1. The summed E-state index contributed by atoms with van der Waals surface area (Å²) in [5, 5.41) is 0. The third-order valence-corrected chi connectivity index (χ3v) is 5.08. The topological polar surface area (TPSA) is 63.2 Å². The molecule has 2 aromatic carbocycles. The Labute approximate surface area is 150 Å². The first-order valence-corrected chi connectivity index (χ1v) is 8.66. The fourth-order valence-electron chi connectivity index (χ4n) is 3.68. The van der Waals surface area contributed by atoms with Crippen molar-refractivity contribution in [3.63, 3.8) is 0 Å². The van der Waals surface area contributed by atoms with E-state index in [9.17, 15) is 4.79 Å². The molecule has 0 saturated heterocycles. The first-order valence-electron chi connectivity index (χ1n) is 8.66. The second-order valence-corrected chi connectivity index (χ2v) is 6.72. The summed E-state index contributed by atoms with van der Waals surface area (Å²) < 4.78 is 27.3. The Hall–Kier alpha value is -2.73. The van der Waals surface area contributed by atoms with Gasteiger partial charge in [-0.15, -0.1) is 0 Å². The molecule has 1 fully saturated rings. The number of hydrogen-bond acceptors (Lipinski definition) is 6. The van der Waals surface area contributed by atoms with Gasteiger partial charge in [0.05, 0.1) is 13.2 Å². The Balaban J connectivity index is 1.21. The molecule has 6 heteroatoms. The first kappa shape index (κ1) is 15.5. The lowest BCUT2D eigenvalue weighted by Crippen LogP contribution is -2.37. The summed E-state index contributed by atoms with van der Waals surface area (Å²) in [5.41, 5.74) is 2.00. The van der Waals surface area contributed by atoms with Crippen molar-refractivity contribution in [3.05, 3.63) is 47.5 Å². The van der Waals surface area contributed by atoms with Crippen LogP contribution < -0.4 is 18.9 Å². The Morgan fingerprint density at radius 1 is 0.885 bits per heavy atom. The largest absolute Gasteiger partial charge is 0.454 e. The van der Waals surface area contributed by atoms with E-state index in [1.165, 1.54) is 0 Å². The molecule has 3 aliphatic rings. The molecule has 1 saturated carbocycles. The van der Waals surface area contributed by atoms with Gasteiger partial charge in [-0.25, -0.2) is 0 Å². The van der Waals surface area contributed by atoms with E-state index < -0.39 is 0 Å². The lowest BCUT2D eigenvalue weighted by atomic mass is 9.69. The lowest BCUT2D eigenvalue weighted by molar-refractivity contribution is -0.132. The predicted octanol–water partition coefficient (Wildman–Crippen LogP) is 3.03. The quantitative estimate of drug-likeness (QED) is 0.822. The molecule has 0 spiro atoms. The van der Waals surface area contributed by atoms with E-state index in [4.69, 9.17) is 23.7 Å². The summed E-state index contributed by atoms with van der Waals surface area (Å²) in [5.74, 6) is 3.28. The summed E-state index contributed by atoms with van der Waals surface area (Å²) >= 11 is 0. The van der Waals surface area contributed by atoms with E-state index in [1.54, 1.807) is 0 Å². The monoisotopic (exact) mass is 354 g/mol. The van der Waals surface area contributed by atoms with Crippen molar-refractivity contribution in [2.75, 3.05) is 20.2 Å². The summed E-state index contributed by atoms with van der Waals surface area (Å²) in [6.45, 7) is 1.52. The molecular formula is C20H18O6. The summed E-state index contributed by atoms with van der Waals surface area (Å²) in [6.07, 6.45) is 0.556. The average molecular weight is 354 g/mol. The average Bonchev–Trinajstić information content (AvgIpc) is 3.28. The fourth-order valence-corrected chi connectivity index (χ4v) is 3.68. The van der Waals surface area contributed by atoms with E-state index in [1.807, 2.05) is 36.4 Å². The minimum absolute atomic E-state index is 0.124. The van der Waals surface area contributed by atoms with Crippen LogP contribution in [0.2, 0.25) is 0 Å². The standard InChI is InChI=1S/C20H18O6/c21-15-6-14(20(15)13-2-4-17-19(7-13)26-11-24-17)9-22-8-12-1-3-16-18(5-12)25-10-23-16/h1-5,7,14,20H,6,8-11H2/t14-,20-/m1/s1. The molecule has 6 nitrogen and oxygen atoms in total. The number of hydrogen-bond donors (Lipinski definition) is 0. The van der Waals surface area contributed by atoms with Gasteiger partial charge in [-0.05, 0) is 35.4 Å². The molecule has 2 aromatic rings. The smallest absolute Gasteiger partial charge is 0.231 e. The zero-order chi connectivity index (χ0) is 17.5. The van der Waals surface area contributed by atoms with E-state index in [-0.39, 0.29) is 31.2 Å². The third-order valence-electron chi connectivity index (χ3n) is 5.08. The van der Waals surface area contributed by atoms with Crippen LogP contribution in [0, 0.1) is 5.92 Å². The number of benzene rings is 2. The Morgan fingerprint density at radius 2 is 1.58 bits per heavy atom. The van der Waals surface area contributed by atoms with Gasteiger partial charge in [0, 0.05) is 18.3 Å². The zero-order valence-corrected chi connectivity index (χ0v) is 14.1. The minimum Gasteiger partial charge on any atom is -0.454 e. The van der Waals surface area contributed by atoms with Crippen LogP contribution in [0.5, 0.6) is 23.0 Å². The van der Waals surface area contributed by atoms with Gasteiger partial charge in [-0.1, -0.05) is 12.1 Å². The van der Waals surface area contributed by atoms with Gasteiger partial charge in [-0.2, -0.15) is 0 Å². The number of Topliss-reactive ketones (excluding diaryl/α,β-unsaturated/α-hetero) is 1. The SMILES string of the molecule is O=C1C[C@H](COCc2ccc3c(c2)OCO3)[C@H]1c1ccc2c(c1)OCO2. The first-order chi connectivity index (χ1) is 12.8. The number of carbonyl (C=O) groups is 1. The van der Waals surface area contributed by atoms with Crippen LogP contribution in [0.1, 0.15) is 23.5 Å². The fraction of sp³-hybridized carbons (Fsp3) is 0.350. The molecule has 1 aliphatic carbocycles. The molecular weight excluding hydrogens is 336 g/mol. The maximum Gasteiger partial charge on any atom is 0.231 e. The highest BCUT2D eigenvalue weighted by atomic mass is 16.7. The van der Waals surface area contributed by atoms with Crippen LogP contribution in [0.25, 0.3) is 0 Å². The van der Waals surface area contributed by atoms with Gasteiger partial charge in [0.15, 0.2) is 23.0 Å². The van der Waals surface area contributed by atoms with E-state index in [2.05, 4.69) is 0 Å². The minimum atomic E-state index is -0.124. The molecule has 26 heavy (non-hydrogen) atoms. The Kier molecular flexibility index (Phi) is 3.71. The normalized spacial score (nSPS) is 22.4. The van der Waals surface area contributed by atoms with Crippen LogP contribution in [0.4, 0.5) is 0 Å². The van der Waals surface area contributed by atoms with Crippen LogP contribution in [-0.2, 0) is 16.1 Å². The highest BCUT2D eigenvalue weighted by Gasteiger charge is 2.41. The molecule has 0 radical (unpaired) electrons. The zero-order valence-electron chi connectivity index (χ0n) is 14.1. The molecule has 134 valence electrons. The predicted molar refractivity (Wildman–Crippen MR) is 90.6 cm³/mol. The van der Waals surface area contributed by atoms with E-state index >= 15 is 0 Å². The lowest BCUT2D eigenvalue weighted by Gasteiger charge is -2.35. The molecule has 0 aromatic heterocycles. The summed E-state index contributed by atoms with van der Waals surface area (Å²) in [7, 11) is 0. The summed E-state index contributed by atoms with van der Waals surface area (Å²) in [6, 6.07) is 11.5. The molecule has 5 rings (SSSR count). The number of ether oxygens (including phenoxy) is 5. The number of fused-ring (bicyclic) bond motifs is 2. The van der Waals surface area contributed by atoms with Gasteiger partial charge < -0.3 is 23.7 Å². The number of carbonyl (C=O) groups excluding carboxylic acids is 1. The second kappa shape index (κ2) is 6.21. The van der Waals surface area contributed by atoms with E-state index in [0.29, 0.717) is 25.4 Å². The van der Waals surface area contributed by atoms with Crippen LogP contribution in [0.3, 0.4) is 0 Å². The van der Waals surface area contributed by atoms with Gasteiger partial charge in [-0.3, -0.25) is 4.79 Å². The van der Waals surface area contributed by atoms with Crippen LogP contribution in [-0.4, -0.2) is 26.0 Å². The highest BCUT2D eigenvalue weighted by molar-refractivity contribution is 5.92. The van der Waals surface area contributed by atoms with Crippen molar-refractivity contribution < 1.29 is 28.5 Å². The molecule has 0 N–H and O–H groups in total. The van der Waals surface area contributed by atoms with Crippen molar-refractivity contribution in [2.45, 2.75) is 18.9 Å². The number of rotatable bonds is 5. The Morgan fingerprint density at radius 3 is 2.35 bits per heavy atom. The van der Waals surface area contributed by atoms with Crippen LogP contribution in [0.15, 0.2) is 36.4 Å². The summed E-state index contributed by atoms with van der Waals surface area (Å²) in [4.78, 5) is 12.1. The molecule has 0 unspecified atom stereocenters. The maximum absolute atomic E-state index is 12.1. The van der Waals surface area contributed by atoms with Crippen molar-refractivity contribution in [2.24, 2.45) is 5.92 Å². The van der Waals surface area contributed by atoms with Crippen molar-refractivity contribution in [1.82, 2.24) is 0 Å². The molecule has 2 aliphatic heterocycles. The molecule has 2 heterocycles. The van der Waals surface area contributed by atoms with Crippen molar-refractivity contribution >= 4 is 5.78 Å². The molecule has 0 bridgehead atoms. The maximum atomic E-state index is 12.1. The third kappa shape index (κ3) is 2.66. The van der Waals surface area contributed by atoms with Crippen molar-refractivity contribution in [3.8, 4) is 23.0 Å². The van der Waals surface area contributed by atoms with E-state index in [0.717, 1.165) is 28.4 Å². The van der Waals surface area contributed by atoms with Crippen molar-refractivity contribution in [1.29, 1.82) is 0 Å². The second-order valence-electron chi connectivity index (χ2n) is 6.72. The van der Waals surface area contributed by atoms with Gasteiger partial charge in [0.25, 0.3) is 0 Å². The van der Waals surface area contributed by atoms with Gasteiger partial charge in [0.1, 0.15) is 5.78 Å². The Bertz CT molecular complexity index is 861. The highest BCUT2D eigenvalue weighted by Crippen LogP contribution is 2.43. The van der Waals surface area contributed by atoms with Gasteiger partial charge >= 0.3 is 0 Å². The van der Waals surface area contributed by atoms with Gasteiger partial charge in [0.2, 0.25) is 13.6 Å². The molecule has 2 atom stereocenters. The van der Waals surface area contributed by atoms with Crippen LogP contribution >= 0.6 is 0 Å².